The van der Waals surface area contributed by atoms with Crippen LogP contribution in [0.25, 0.3) is 5.76 Å². The third-order valence-electron chi connectivity index (χ3n) is 7.45. The van der Waals surface area contributed by atoms with E-state index in [1.54, 1.807) is 0 Å². The van der Waals surface area contributed by atoms with Crippen molar-refractivity contribution in [2.24, 2.45) is 17.6 Å². The van der Waals surface area contributed by atoms with Gasteiger partial charge < -0.3 is 31.1 Å². The second kappa shape index (κ2) is 8.53. The van der Waals surface area contributed by atoms with E-state index in [-0.39, 0.29) is 35.1 Å². The second-order valence-electron chi connectivity index (χ2n) is 9.98. The number of Topliss-reactive ketones (excluding diaryl/α,β-unsaturated/α-hetero) is 3. The fourth-order valence-electron chi connectivity index (χ4n) is 5.78. The minimum atomic E-state index is -2.76. The van der Waals surface area contributed by atoms with Gasteiger partial charge in [-0.2, -0.15) is 0 Å². The normalized spacial score (nSPS) is 27.0. The number of carbonyl (C=O) groups excluding carboxylic acids is 5. The van der Waals surface area contributed by atoms with E-state index in [9.17, 15) is 44.4 Å². The van der Waals surface area contributed by atoms with Crippen LogP contribution in [-0.2, 0) is 25.6 Å². The van der Waals surface area contributed by atoms with Crippen LogP contribution in [0, 0.1) is 11.8 Å². The molecule has 0 aliphatic heterocycles. The van der Waals surface area contributed by atoms with E-state index in [1.807, 2.05) is 0 Å². The molecule has 0 aromatic heterocycles. The zero-order valence-corrected chi connectivity index (χ0v) is 20.6. The Kier molecular flexibility index (Phi) is 6.00. The number of phenolic OH excluding ortho intramolecular Hbond substituents is 1. The number of ketones is 3. The van der Waals surface area contributed by atoms with E-state index in [4.69, 9.17) is 5.73 Å². The minimum absolute atomic E-state index is 0.0759. The van der Waals surface area contributed by atoms with E-state index in [0.29, 0.717) is 0 Å². The van der Waals surface area contributed by atoms with Crippen molar-refractivity contribution in [3.8, 4) is 5.75 Å². The number of likely N-dealkylation sites (N-methyl/N-ethyl adjacent to an activating group) is 2. The van der Waals surface area contributed by atoms with Gasteiger partial charge in [0, 0.05) is 31.1 Å². The number of benzene rings is 1. The standard InChI is InChI=1S/C25H27N3O9/c1-27(2)17-12-8-9-7-11-10(18(30)24(36)28(3)4)5-6-13(29)15(11)19(31)14(9)21(33)25(12,37)22(34)16(20(17)32)23(26)35/h5-6,9,12,17,29,31,34,37H,7-8H2,1-4H3,(H2,26,35)/t9-,12+,17?,25-/m0/s1. The highest BCUT2D eigenvalue weighted by Gasteiger charge is 2.64. The first-order valence-corrected chi connectivity index (χ1v) is 11.4. The van der Waals surface area contributed by atoms with Gasteiger partial charge in [0.25, 0.3) is 17.6 Å². The maximum atomic E-state index is 13.8. The lowest BCUT2D eigenvalue weighted by atomic mass is 9.57. The quantitative estimate of drug-likeness (QED) is 0.194. The summed E-state index contributed by atoms with van der Waals surface area (Å²) in [6.07, 6.45) is -0.221. The first-order valence-electron chi connectivity index (χ1n) is 11.4. The molecule has 6 N–H and O–H groups in total. The van der Waals surface area contributed by atoms with E-state index in [1.165, 1.54) is 39.2 Å². The van der Waals surface area contributed by atoms with Crippen LogP contribution in [0.15, 0.2) is 29.0 Å². The Morgan fingerprint density at radius 3 is 2.22 bits per heavy atom. The number of hydrogen-bond acceptors (Lipinski definition) is 10. The number of aliphatic hydroxyl groups is 3. The molecule has 2 amide bonds. The van der Waals surface area contributed by atoms with Crippen molar-refractivity contribution in [3.05, 3.63) is 45.7 Å². The molecular formula is C25H27N3O9. The van der Waals surface area contributed by atoms with Gasteiger partial charge in [-0.3, -0.25) is 28.9 Å². The first-order chi connectivity index (χ1) is 17.2. The largest absolute Gasteiger partial charge is 0.508 e. The van der Waals surface area contributed by atoms with Gasteiger partial charge in [0.15, 0.2) is 11.4 Å². The van der Waals surface area contributed by atoms with Crippen LogP contribution in [-0.4, -0.2) is 99.2 Å². The van der Waals surface area contributed by atoms with Gasteiger partial charge in [-0.1, -0.05) is 0 Å². The minimum Gasteiger partial charge on any atom is -0.508 e. The Hall–Kier alpha value is -4.03. The van der Waals surface area contributed by atoms with Crippen LogP contribution in [0.5, 0.6) is 5.75 Å². The van der Waals surface area contributed by atoms with Gasteiger partial charge in [-0.15, -0.1) is 0 Å². The molecular weight excluding hydrogens is 486 g/mol. The molecule has 37 heavy (non-hydrogen) atoms. The van der Waals surface area contributed by atoms with E-state index in [2.05, 4.69) is 0 Å². The number of rotatable bonds is 4. The number of hydrogen-bond donors (Lipinski definition) is 5. The summed E-state index contributed by atoms with van der Waals surface area (Å²) in [5.41, 5.74) is 1.09. The van der Waals surface area contributed by atoms with Gasteiger partial charge in [0.05, 0.1) is 11.6 Å². The highest BCUT2D eigenvalue weighted by atomic mass is 16.3. The Bertz CT molecular complexity index is 1360. The van der Waals surface area contributed by atoms with Crippen molar-refractivity contribution < 1.29 is 44.4 Å². The molecule has 196 valence electrons. The molecule has 4 rings (SSSR count). The predicted molar refractivity (Wildman–Crippen MR) is 127 cm³/mol. The summed E-state index contributed by atoms with van der Waals surface area (Å²) in [5, 5.41) is 44.1. The van der Waals surface area contributed by atoms with Crippen LogP contribution in [0.2, 0.25) is 0 Å². The highest BCUT2D eigenvalue weighted by molar-refractivity contribution is 6.43. The molecule has 12 nitrogen and oxygen atoms in total. The summed E-state index contributed by atoms with van der Waals surface area (Å²) in [4.78, 5) is 66.6. The lowest BCUT2D eigenvalue weighted by Gasteiger charge is -2.50. The molecule has 1 aromatic carbocycles. The summed E-state index contributed by atoms with van der Waals surface area (Å²) in [6, 6.07) is 1.12. The summed E-state index contributed by atoms with van der Waals surface area (Å²) >= 11 is 0. The number of primary amides is 1. The van der Waals surface area contributed by atoms with E-state index in [0.717, 1.165) is 11.0 Å². The van der Waals surface area contributed by atoms with Gasteiger partial charge >= 0.3 is 0 Å². The molecule has 1 fully saturated rings. The number of phenols is 1. The van der Waals surface area contributed by atoms with Gasteiger partial charge in [0.2, 0.25) is 5.78 Å². The van der Waals surface area contributed by atoms with Crippen molar-refractivity contribution >= 4 is 34.9 Å². The number of aliphatic hydroxyl groups excluding tert-OH is 2. The lowest BCUT2D eigenvalue weighted by Crippen LogP contribution is -2.65. The molecule has 12 heteroatoms. The number of carbonyl (C=O) groups is 5. The first kappa shape index (κ1) is 26.0. The fraction of sp³-hybridized carbons (Fsp3) is 0.400. The topological polar surface area (TPSA) is 199 Å². The molecule has 0 bridgehead atoms. The average molecular weight is 514 g/mol. The maximum absolute atomic E-state index is 13.8. The third-order valence-corrected chi connectivity index (χ3v) is 7.45. The Balaban J connectivity index is 1.96. The Morgan fingerprint density at radius 2 is 1.68 bits per heavy atom. The number of nitrogens with two attached hydrogens (primary N) is 1. The molecule has 0 radical (unpaired) electrons. The monoisotopic (exact) mass is 513 g/mol. The van der Waals surface area contributed by atoms with Crippen molar-refractivity contribution in [1.29, 1.82) is 0 Å². The predicted octanol–water partition coefficient (Wildman–Crippen LogP) is -0.765. The Labute approximate surface area is 211 Å². The molecule has 3 aliphatic carbocycles. The van der Waals surface area contributed by atoms with Gasteiger partial charge in [-0.05, 0) is 50.6 Å². The van der Waals surface area contributed by atoms with Crippen LogP contribution in [0.3, 0.4) is 0 Å². The summed E-state index contributed by atoms with van der Waals surface area (Å²) < 4.78 is 0. The summed E-state index contributed by atoms with van der Waals surface area (Å²) in [6.45, 7) is 0. The van der Waals surface area contributed by atoms with Crippen molar-refractivity contribution in [1.82, 2.24) is 9.80 Å². The van der Waals surface area contributed by atoms with Crippen LogP contribution < -0.4 is 5.73 Å². The van der Waals surface area contributed by atoms with Crippen LogP contribution in [0.4, 0.5) is 0 Å². The zero-order valence-electron chi connectivity index (χ0n) is 20.6. The van der Waals surface area contributed by atoms with Crippen molar-refractivity contribution in [2.75, 3.05) is 28.2 Å². The number of aromatic hydroxyl groups is 1. The molecule has 0 saturated heterocycles. The Morgan fingerprint density at radius 1 is 1.05 bits per heavy atom. The SMILES string of the molecule is CN(C)C(=O)C(=O)c1ccc(O)c2c1C[C@H]1C[C@@H]3C(N(C)C)C(=O)C(C(N)=O)=C(O)[C@@]3(O)C(=O)C1=C2O. The van der Waals surface area contributed by atoms with Crippen molar-refractivity contribution in [2.45, 2.75) is 24.5 Å². The molecule has 0 heterocycles. The van der Waals surface area contributed by atoms with E-state index < -0.39 is 75.5 Å². The van der Waals surface area contributed by atoms with Gasteiger partial charge in [0.1, 0.15) is 22.8 Å². The second-order valence-corrected chi connectivity index (χ2v) is 9.98. The van der Waals surface area contributed by atoms with Crippen LogP contribution >= 0.6 is 0 Å². The molecule has 3 aliphatic rings. The molecule has 0 spiro atoms. The smallest absolute Gasteiger partial charge is 0.294 e. The molecule has 1 unspecified atom stereocenters. The highest BCUT2D eigenvalue weighted by Crippen LogP contribution is 2.52. The third kappa shape index (κ3) is 3.47. The number of nitrogens with zero attached hydrogens (tertiary/aromatic N) is 2. The zero-order chi connectivity index (χ0) is 27.7. The summed E-state index contributed by atoms with van der Waals surface area (Å²) in [7, 11) is 5.78. The number of amides is 2. The van der Waals surface area contributed by atoms with Crippen LogP contribution in [0.1, 0.15) is 27.9 Å². The average Bonchev–Trinajstić information content (AvgIpc) is 2.80. The fourth-order valence-corrected chi connectivity index (χ4v) is 5.78. The lowest BCUT2D eigenvalue weighted by molar-refractivity contribution is -0.153. The maximum Gasteiger partial charge on any atom is 0.294 e. The summed E-state index contributed by atoms with van der Waals surface area (Å²) in [5.74, 6) is -9.57. The molecule has 4 atom stereocenters. The van der Waals surface area contributed by atoms with E-state index >= 15 is 0 Å². The number of fused-ring (bicyclic) bond motifs is 3. The van der Waals surface area contributed by atoms with Crippen molar-refractivity contribution in [3.63, 3.8) is 0 Å². The van der Waals surface area contributed by atoms with Gasteiger partial charge in [-0.25, -0.2) is 0 Å². The molecule has 1 saturated carbocycles. The molecule has 1 aromatic rings.